The van der Waals surface area contributed by atoms with Crippen LogP contribution < -0.4 is 5.11 Å². The maximum absolute atomic E-state index is 12.0. The molecule has 0 N–H and O–H groups in total. The Labute approximate surface area is 105 Å². The summed E-state index contributed by atoms with van der Waals surface area (Å²) >= 11 is 0. The molecule has 1 atom stereocenters. The van der Waals surface area contributed by atoms with Crippen LogP contribution in [0.1, 0.15) is 5.56 Å². The molecule has 0 aliphatic rings. The van der Waals surface area contributed by atoms with Crippen LogP contribution in [-0.4, -0.2) is 6.26 Å². The lowest BCUT2D eigenvalue weighted by atomic mass is 10.2. The van der Waals surface area contributed by atoms with Crippen LogP contribution in [0.2, 0.25) is 0 Å². The van der Waals surface area contributed by atoms with Crippen molar-refractivity contribution >= 4 is 16.7 Å². The number of benzene rings is 2. The van der Waals surface area contributed by atoms with Gasteiger partial charge in [0.15, 0.2) is 4.90 Å². The van der Waals surface area contributed by atoms with E-state index in [9.17, 15) is 5.11 Å². The molecule has 86 valence electrons. The SMILES string of the molecule is C[S+](/C=C(\[O-])c1ccccc1)c1ccccc1. The summed E-state index contributed by atoms with van der Waals surface area (Å²) in [4.78, 5) is 1.19. The van der Waals surface area contributed by atoms with E-state index in [1.165, 1.54) is 4.90 Å². The van der Waals surface area contributed by atoms with E-state index < -0.39 is 0 Å². The minimum absolute atomic E-state index is 0.0975. The summed E-state index contributed by atoms with van der Waals surface area (Å²) in [5.74, 6) is 0.0975. The van der Waals surface area contributed by atoms with Gasteiger partial charge in [-0.05, 0) is 17.7 Å². The van der Waals surface area contributed by atoms with Gasteiger partial charge in [-0.25, -0.2) is 0 Å². The molecule has 0 amide bonds. The van der Waals surface area contributed by atoms with E-state index in [0.29, 0.717) is 0 Å². The van der Waals surface area contributed by atoms with Crippen LogP contribution in [0.5, 0.6) is 0 Å². The maximum atomic E-state index is 12.0. The summed E-state index contributed by atoms with van der Waals surface area (Å²) in [5, 5.41) is 13.8. The Bertz CT molecular complexity index is 491. The minimum atomic E-state index is -0.139. The van der Waals surface area contributed by atoms with Crippen LogP contribution in [0.4, 0.5) is 0 Å². The second-order valence-corrected chi connectivity index (χ2v) is 5.54. The molecule has 0 bridgehead atoms. The van der Waals surface area contributed by atoms with E-state index in [2.05, 4.69) is 18.4 Å². The minimum Gasteiger partial charge on any atom is -0.869 e. The van der Waals surface area contributed by atoms with Gasteiger partial charge in [-0.15, -0.1) is 0 Å². The molecule has 2 rings (SSSR count). The monoisotopic (exact) mass is 242 g/mol. The molecule has 2 aromatic rings. The first kappa shape index (κ1) is 11.8. The van der Waals surface area contributed by atoms with Gasteiger partial charge < -0.3 is 5.11 Å². The Balaban J connectivity index is 2.20. The average Bonchev–Trinajstić information content (AvgIpc) is 2.40. The average molecular weight is 242 g/mol. The lowest BCUT2D eigenvalue weighted by Crippen LogP contribution is -2.06. The molecule has 0 aromatic heterocycles. The molecular weight excluding hydrogens is 228 g/mol. The zero-order chi connectivity index (χ0) is 12.1. The summed E-state index contributed by atoms with van der Waals surface area (Å²) in [6.45, 7) is 0. The summed E-state index contributed by atoms with van der Waals surface area (Å²) in [6, 6.07) is 19.5. The third-order valence-electron chi connectivity index (χ3n) is 2.46. The Morgan fingerprint density at radius 2 is 1.47 bits per heavy atom. The second kappa shape index (κ2) is 5.60. The van der Waals surface area contributed by atoms with Crippen molar-refractivity contribution in [2.75, 3.05) is 6.26 Å². The largest absolute Gasteiger partial charge is 0.869 e. The molecule has 0 radical (unpaired) electrons. The van der Waals surface area contributed by atoms with Gasteiger partial charge in [0.25, 0.3) is 0 Å². The number of hydrogen-bond acceptors (Lipinski definition) is 1. The third kappa shape index (κ3) is 3.14. The van der Waals surface area contributed by atoms with E-state index in [-0.39, 0.29) is 16.7 Å². The molecule has 0 saturated carbocycles. The molecule has 0 saturated heterocycles. The summed E-state index contributed by atoms with van der Waals surface area (Å²) in [5.41, 5.74) is 0.753. The molecule has 2 aromatic carbocycles. The van der Waals surface area contributed by atoms with E-state index in [4.69, 9.17) is 0 Å². The van der Waals surface area contributed by atoms with E-state index in [1.807, 2.05) is 48.5 Å². The highest BCUT2D eigenvalue weighted by atomic mass is 32.2. The highest BCUT2D eigenvalue weighted by Crippen LogP contribution is 2.16. The zero-order valence-corrected chi connectivity index (χ0v) is 10.5. The number of rotatable bonds is 3. The summed E-state index contributed by atoms with van der Waals surface area (Å²) in [7, 11) is -0.139. The van der Waals surface area contributed by atoms with E-state index in [0.717, 1.165) is 5.56 Å². The Morgan fingerprint density at radius 3 is 2.06 bits per heavy atom. The van der Waals surface area contributed by atoms with Crippen molar-refractivity contribution in [1.82, 2.24) is 0 Å². The molecule has 0 fully saturated rings. The normalized spacial score (nSPS) is 13.4. The van der Waals surface area contributed by atoms with Crippen molar-refractivity contribution in [3.05, 3.63) is 71.6 Å². The fourth-order valence-corrected chi connectivity index (χ4v) is 2.71. The van der Waals surface area contributed by atoms with Crippen molar-refractivity contribution in [3.63, 3.8) is 0 Å². The summed E-state index contributed by atoms with van der Waals surface area (Å²) in [6.07, 6.45) is 2.07. The van der Waals surface area contributed by atoms with Crippen molar-refractivity contribution < 1.29 is 5.11 Å². The molecule has 1 unspecified atom stereocenters. The van der Waals surface area contributed by atoms with Gasteiger partial charge >= 0.3 is 0 Å². The first-order valence-corrected chi connectivity index (χ1v) is 7.11. The predicted molar refractivity (Wildman–Crippen MR) is 72.4 cm³/mol. The van der Waals surface area contributed by atoms with E-state index >= 15 is 0 Å². The van der Waals surface area contributed by atoms with Gasteiger partial charge in [-0.3, -0.25) is 0 Å². The molecule has 0 aliphatic heterocycles. The molecular formula is C15H14OS. The molecule has 0 aliphatic carbocycles. The highest BCUT2D eigenvalue weighted by Gasteiger charge is 2.10. The van der Waals surface area contributed by atoms with Crippen LogP contribution in [0.25, 0.3) is 5.76 Å². The molecule has 17 heavy (non-hydrogen) atoms. The quantitative estimate of drug-likeness (QED) is 0.599. The van der Waals surface area contributed by atoms with E-state index in [1.54, 1.807) is 5.41 Å². The maximum Gasteiger partial charge on any atom is 0.159 e. The predicted octanol–water partition coefficient (Wildman–Crippen LogP) is 2.65. The number of hydrogen-bond donors (Lipinski definition) is 0. The fourth-order valence-electron chi connectivity index (χ4n) is 1.53. The van der Waals surface area contributed by atoms with Crippen molar-refractivity contribution in [2.45, 2.75) is 4.90 Å². The topological polar surface area (TPSA) is 23.1 Å². The molecule has 0 heterocycles. The van der Waals surface area contributed by atoms with Gasteiger partial charge in [0, 0.05) is 0 Å². The zero-order valence-electron chi connectivity index (χ0n) is 9.67. The van der Waals surface area contributed by atoms with Gasteiger partial charge in [-0.2, -0.15) is 0 Å². The lowest BCUT2D eigenvalue weighted by Gasteiger charge is -2.10. The molecule has 2 heteroatoms. The van der Waals surface area contributed by atoms with Gasteiger partial charge in [0.05, 0.1) is 10.9 Å². The Kier molecular flexibility index (Phi) is 3.89. The first-order valence-electron chi connectivity index (χ1n) is 5.41. The van der Waals surface area contributed by atoms with Crippen molar-refractivity contribution in [3.8, 4) is 0 Å². The molecule has 1 nitrogen and oxygen atoms in total. The van der Waals surface area contributed by atoms with Crippen LogP contribution in [-0.2, 0) is 10.9 Å². The van der Waals surface area contributed by atoms with Crippen LogP contribution in [0.15, 0.2) is 71.0 Å². The van der Waals surface area contributed by atoms with Gasteiger partial charge in [-0.1, -0.05) is 54.3 Å². The van der Waals surface area contributed by atoms with Crippen molar-refractivity contribution in [1.29, 1.82) is 0 Å². The standard InChI is InChI=1S/C15H14OS/c1-17(14-10-6-3-7-11-14)12-15(16)13-8-4-2-5-9-13/h2-12H,1H3/b15-12-. The Hall–Kier alpha value is -1.67. The second-order valence-electron chi connectivity index (χ2n) is 3.72. The van der Waals surface area contributed by atoms with Crippen molar-refractivity contribution in [2.24, 2.45) is 0 Å². The fraction of sp³-hybridized carbons (Fsp3) is 0.0667. The van der Waals surface area contributed by atoms with Gasteiger partial charge in [0.1, 0.15) is 11.7 Å². The van der Waals surface area contributed by atoms with Crippen LogP contribution in [0, 0.1) is 0 Å². The third-order valence-corrected chi connectivity index (χ3v) is 4.04. The lowest BCUT2D eigenvalue weighted by molar-refractivity contribution is -0.243. The smallest absolute Gasteiger partial charge is 0.159 e. The Morgan fingerprint density at radius 1 is 0.941 bits per heavy atom. The first-order chi connectivity index (χ1) is 8.27. The highest BCUT2D eigenvalue weighted by molar-refractivity contribution is 7.99. The van der Waals surface area contributed by atoms with Gasteiger partial charge in [0.2, 0.25) is 0 Å². The van der Waals surface area contributed by atoms with Crippen LogP contribution >= 0.6 is 0 Å². The molecule has 0 spiro atoms. The summed E-state index contributed by atoms with van der Waals surface area (Å²) < 4.78 is 0. The van der Waals surface area contributed by atoms with Crippen LogP contribution in [0.3, 0.4) is 0 Å².